The molecule has 0 bridgehead atoms. The van der Waals surface area contributed by atoms with Crippen LogP contribution in [0.15, 0.2) is 35.3 Å². The summed E-state index contributed by atoms with van der Waals surface area (Å²) >= 11 is 0. The van der Waals surface area contributed by atoms with Crippen molar-refractivity contribution in [1.82, 2.24) is 4.90 Å². The fourth-order valence-electron chi connectivity index (χ4n) is 1.44. The quantitative estimate of drug-likeness (QED) is 0.546. The summed E-state index contributed by atoms with van der Waals surface area (Å²) in [5.41, 5.74) is 1.35. The molecule has 0 saturated carbocycles. The summed E-state index contributed by atoms with van der Waals surface area (Å²) in [7, 11) is 4.04. The predicted octanol–water partition coefficient (Wildman–Crippen LogP) is 2.60. The first-order valence-electron chi connectivity index (χ1n) is 5.35. The van der Waals surface area contributed by atoms with Gasteiger partial charge in [-0.25, -0.2) is 0 Å². The molecule has 0 aliphatic carbocycles. The molecule has 0 aliphatic heterocycles. The van der Waals surface area contributed by atoms with E-state index >= 15 is 0 Å². The number of aliphatic imine (C=N–C) groups is 1. The summed E-state index contributed by atoms with van der Waals surface area (Å²) in [6.07, 6.45) is 1.01. The highest BCUT2D eigenvalue weighted by atomic mass is 15.1. The molecule has 0 radical (unpaired) electrons. The van der Waals surface area contributed by atoms with Crippen molar-refractivity contribution in [3.8, 4) is 0 Å². The van der Waals surface area contributed by atoms with E-state index in [0.29, 0.717) is 6.04 Å². The van der Waals surface area contributed by atoms with Gasteiger partial charge in [-0.15, -0.1) is 0 Å². The van der Waals surface area contributed by atoms with E-state index in [1.165, 1.54) is 5.56 Å². The molecule has 1 atom stereocenters. The number of amidine groups is 1. The highest BCUT2D eigenvalue weighted by molar-refractivity contribution is 5.79. The Morgan fingerprint density at radius 1 is 1.27 bits per heavy atom. The van der Waals surface area contributed by atoms with E-state index in [-0.39, 0.29) is 0 Å². The Hall–Kier alpha value is -1.31. The Bertz CT molecular complexity index is 315. The summed E-state index contributed by atoms with van der Waals surface area (Å²) in [6.45, 7) is 4.20. The second-order valence-corrected chi connectivity index (χ2v) is 4.11. The Kier molecular flexibility index (Phi) is 4.35. The van der Waals surface area contributed by atoms with Crippen molar-refractivity contribution in [2.45, 2.75) is 26.3 Å². The summed E-state index contributed by atoms with van der Waals surface area (Å²) in [5, 5.41) is 0. The van der Waals surface area contributed by atoms with Gasteiger partial charge in [-0.2, -0.15) is 0 Å². The van der Waals surface area contributed by atoms with Gasteiger partial charge in [-0.1, -0.05) is 30.3 Å². The molecule has 0 aromatic heterocycles. The lowest BCUT2D eigenvalue weighted by Gasteiger charge is -2.14. The molecule has 0 saturated heterocycles. The average molecular weight is 204 g/mol. The molecular weight excluding hydrogens is 184 g/mol. The van der Waals surface area contributed by atoms with Gasteiger partial charge in [0.1, 0.15) is 0 Å². The zero-order chi connectivity index (χ0) is 11.3. The Labute approximate surface area is 92.6 Å². The van der Waals surface area contributed by atoms with Gasteiger partial charge in [-0.3, -0.25) is 4.99 Å². The number of nitrogens with zero attached hydrogens (tertiary/aromatic N) is 2. The van der Waals surface area contributed by atoms with Crippen LogP contribution in [-0.4, -0.2) is 30.9 Å². The zero-order valence-corrected chi connectivity index (χ0v) is 10.1. The molecule has 1 unspecified atom stereocenters. The van der Waals surface area contributed by atoms with Gasteiger partial charge in [0.2, 0.25) is 0 Å². The highest BCUT2D eigenvalue weighted by Gasteiger charge is 2.02. The third kappa shape index (κ3) is 4.15. The third-order valence-corrected chi connectivity index (χ3v) is 2.43. The lowest BCUT2D eigenvalue weighted by atomic mass is 10.1. The maximum Gasteiger partial charge on any atom is 0.0955 e. The van der Waals surface area contributed by atoms with Crippen LogP contribution in [-0.2, 0) is 6.42 Å². The molecule has 0 spiro atoms. The van der Waals surface area contributed by atoms with E-state index in [9.17, 15) is 0 Å². The van der Waals surface area contributed by atoms with Gasteiger partial charge in [0.05, 0.1) is 11.9 Å². The Balaban J connectivity index is 2.57. The van der Waals surface area contributed by atoms with Crippen LogP contribution in [0.25, 0.3) is 0 Å². The van der Waals surface area contributed by atoms with Crippen LogP contribution in [0.2, 0.25) is 0 Å². The molecule has 1 rings (SSSR count). The van der Waals surface area contributed by atoms with Crippen molar-refractivity contribution in [1.29, 1.82) is 0 Å². The first-order valence-corrected chi connectivity index (χ1v) is 5.35. The van der Waals surface area contributed by atoms with Crippen molar-refractivity contribution in [2.75, 3.05) is 14.1 Å². The molecule has 0 heterocycles. The van der Waals surface area contributed by atoms with Crippen molar-refractivity contribution in [3.05, 3.63) is 35.9 Å². The first-order chi connectivity index (χ1) is 7.09. The van der Waals surface area contributed by atoms with Crippen LogP contribution in [0.4, 0.5) is 0 Å². The maximum absolute atomic E-state index is 4.61. The van der Waals surface area contributed by atoms with Crippen LogP contribution in [0, 0.1) is 0 Å². The van der Waals surface area contributed by atoms with Gasteiger partial charge in [-0.05, 0) is 25.8 Å². The second kappa shape index (κ2) is 5.54. The molecular formula is C13H20N2. The van der Waals surface area contributed by atoms with Gasteiger partial charge in [0.15, 0.2) is 0 Å². The molecule has 82 valence electrons. The topological polar surface area (TPSA) is 15.6 Å². The molecule has 0 amide bonds. The fraction of sp³-hybridized carbons (Fsp3) is 0.462. The molecule has 0 fully saturated rings. The monoisotopic (exact) mass is 204 g/mol. The number of benzene rings is 1. The largest absolute Gasteiger partial charge is 0.367 e. The maximum atomic E-state index is 4.61. The summed E-state index contributed by atoms with van der Waals surface area (Å²) in [4.78, 5) is 6.66. The Morgan fingerprint density at radius 3 is 2.40 bits per heavy atom. The number of hydrogen-bond donors (Lipinski definition) is 0. The van der Waals surface area contributed by atoms with Crippen LogP contribution in [0.3, 0.4) is 0 Å². The van der Waals surface area contributed by atoms with Crippen molar-refractivity contribution in [3.63, 3.8) is 0 Å². The lowest BCUT2D eigenvalue weighted by Crippen LogP contribution is -2.21. The van der Waals surface area contributed by atoms with E-state index in [1.807, 2.05) is 32.0 Å². The SMILES string of the molecule is CC(=NC(C)Cc1ccccc1)N(C)C. The first kappa shape index (κ1) is 11.8. The molecule has 2 heteroatoms. The lowest BCUT2D eigenvalue weighted by molar-refractivity contribution is 0.600. The normalized spacial score (nSPS) is 13.7. The van der Waals surface area contributed by atoms with E-state index in [1.54, 1.807) is 0 Å². The van der Waals surface area contributed by atoms with Crippen LogP contribution in [0.1, 0.15) is 19.4 Å². The van der Waals surface area contributed by atoms with Crippen molar-refractivity contribution >= 4 is 5.84 Å². The zero-order valence-electron chi connectivity index (χ0n) is 10.1. The van der Waals surface area contributed by atoms with Gasteiger partial charge < -0.3 is 4.90 Å². The number of rotatable bonds is 3. The minimum absolute atomic E-state index is 0.342. The van der Waals surface area contributed by atoms with Gasteiger partial charge in [0, 0.05) is 14.1 Å². The minimum atomic E-state index is 0.342. The second-order valence-electron chi connectivity index (χ2n) is 4.11. The van der Waals surface area contributed by atoms with E-state index in [2.05, 4.69) is 36.2 Å². The molecule has 1 aromatic rings. The smallest absolute Gasteiger partial charge is 0.0955 e. The third-order valence-electron chi connectivity index (χ3n) is 2.43. The van der Waals surface area contributed by atoms with Crippen molar-refractivity contribution in [2.24, 2.45) is 4.99 Å². The van der Waals surface area contributed by atoms with E-state index < -0.39 is 0 Å². The predicted molar refractivity (Wildman–Crippen MR) is 66.4 cm³/mol. The Morgan fingerprint density at radius 2 is 1.87 bits per heavy atom. The molecule has 1 aromatic carbocycles. The molecule has 2 nitrogen and oxygen atoms in total. The molecule has 15 heavy (non-hydrogen) atoms. The van der Waals surface area contributed by atoms with E-state index in [0.717, 1.165) is 12.3 Å². The highest BCUT2D eigenvalue weighted by Crippen LogP contribution is 2.05. The van der Waals surface area contributed by atoms with Crippen molar-refractivity contribution < 1.29 is 0 Å². The number of hydrogen-bond acceptors (Lipinski definition) is 1. The average Bonchev–Trinajstić information content (AvgIpc) is 2.18. The van der Waals surface area contributed by atoms with Crippen LogP contribution >= 0.6 is 0 Å². The minimum Gasteiger partial charge on any atom is -0.367 e. The van der Waals surface area contributed by atoms with Crippen LogP contribution < -0.4 is 0 Å². The summed E-state index contributed by atoms with van der Waals surface area (Å²) in [5.74, 6) is 1.08. The standard InChI is InChI=1S/C13H20N2/c1-11(14-12(2)15(3)4)10-13-8-6-5-7-9-13/h5-9,11H,10H2,1-4H3. The molecule has 0 aliphatic rings. The molecule has 0 N–H and O–H groups in total. The summed E-state index contributed by atoms with van der Waals surface area (Å²) < 4.78 is 0. The fourth-order valence-corrected chi connectivity index (χ4v) is 1.44. The van der Waals surface area contributed by atoms with Gasteiger partial charge in [0.25, 0.3) is 0 Å². The van der Waals surface area contributed by atoms with Gasteiger partial charge >= 0.3 is 0 Å². The van der Waals surface area contributed by atoms with E-state index in [4.69, 9.17) is 0 Å². The summed E-state index contributed by atoms with van der Waals surface area (Å²) in [6, 6.07) is 10.8. The van der Waals surface area contributed by atoms with Crippen LogP contribution in [0.5, 0.6) is 0 Å².